The number of nitrogens with one attached hydrogen (secondary N) is 1. The predicted molar refractivity (Wildman–Crippen MR) is 99.7 cm³/mol. The molecule has 1 atom stereocenters. The Balaban J connectivity index is 2.18. The molecule has 0 unspecified atom stereocenters. The zero-order chi connectivity index (χ0) is 20.7. The summed E-state index contributed by atoms with van der Waals surface area (Å²) in [5.74, 6) is -1.29. The van der Waals surface area contributed by atoms with Crippen molar-refractivity contribution in [2.24, 2.45) is 5.73 Å². The van der Waals surface area contributed by atoms with Crippen molar-refractivity contribution in [3.63, 3.8) is 0 Å². The molecule has 2 rings (SSSR count). The van der Waals surface area contributed by atoms with Gasteiger partial charge in [0.1, 0.15) is 17.4 Å². The van der Waals surface area contributed by atoms with Gasteiger partial charge in [-0.2, -0.15) is 0 Å². The molecule has 2 amide bonds. The molecule has 150 valence electrons. The minimum absolute atomic E-state index is 0.00505. The minimum atomic E-state index is -1.05. The molecule has 0 saturated carbocycles. The van der Waals surface area contributed by atoms with E-state index < -0.39 is 29.5 Å². The first-order valence-corrected chi connectivity index (χ1v) is 8.69. The highest BCUT2D eigenvalue weighted by Gasteiger charge is 2.21. The summed E-state index contributed by atoms with van der Waals surface area (Å²) in [4.78, 5) is 47.0. The molecule has 3 N–H and O–H groups in total. The number of benzene rings is 1. The van der Waals surface area contributed by atoms with Crippen LogP contribution < -0.4 is 21.4 Å². The smallest absolute Gasteiger partial charge is 0.336 e. The topological polar surface area (TPSA) is 138 Å². The van der Waals surface area contributed by atoms with Gasteiger partial charge in [-0.05, 0) is 24.6 Å². The molecule has 0 aliphatic rings. The lowest BCUT2D eigenvalue weighted by Crippen LogP contribution is -2.46. The third-order valence-electron chi connectivity index (χ3n) is 4.00. The van der Waals surface area contributed by atoms with Crippen LogP contribution in [-0.4, -0.2) is 37.5 Å². The molecular weight excluding hydrogens is 368 g/mol. The quantitative estimate of drug-likeness (QED) is 0.474. The summed E-state index contributed by atoms with van der Waals surface area (Å²) in [7, 11) is 1.48. The molecule has 0 saturated heterocycles. The number of nitrogens with two attached hydrogens (primary N) is 1. The average molecular weight is 390 g/mol. The number of ether oxygens (including phenoxy) is 2. The van der Waals surface area contributed by atoms with Crippen molar-refractivity contribution < 1.29 is 28.3 Å². The van der Waals surface area contributed by atoms with Crippen molar-refractivity contribution in [3.8, 4) is 5.75 Å². The highest BCUT2D eigenvalue weighted by atomic mass is 16.5. The normalized spacial score (nSPS) is 11.6. The van der Waals surface area contributed by atoms with Crippen molar-refractivity contribution in [1.82, 2.24) is 5.32 Å². The largest absolute Gasteiger partial charge is 0.497 e. The fraction of sp³-hybridized carbons (Fsp3) is 0.368. The first-order valence-electron chi connectivity index (χ1n) is 8.69. The lowest BCUT2D eigenvalue weighted by Gasteiger charge is -2.16. The van der Waals surface area contributed by atoms with Crippen LogP contribution in [0.2, 0.25) is 0 Å². The highest BCUT2D eigenvalue weighted by molar-refractivity contribution is 5.89. The average Bonchev–Trinajstić information content (AvgIpc) is 2.65. The molecule has 0 fully saturated rings. The van der Waals surface area contributed by atoms with Crippen LogP contribution in [0.25, 0.3) is 11.0 Å². The zero-order valence-corrected chi connectivity index (χ0v) is 15.7. The van der Waals surface area contributed by atoms with Crippen LogP contribution in [0.4, 0.5) is 0 Å². The van der Waals surface area contributed by atoms with Gasteiger partial charge in [0.15, 0.2) is 0 Å². The summed E-state index contributed by atoms with van der Waals surface area (Å²) < 4.78 is 15.0. The van der Waals surface area contributed by atoms with Gasteiger partial charge in [-0.3, -0.25) is 14.4 Å². The molecule has 1 aromatic heterocycles. The zero-order valence-electron chi connectivity index (χ0n) is 15.7. The number of carbonyl (C=O) groups excluding carboxylic acids is 3. The second-order valence-corrected chi connectivity index (χ2v) is 5.98. The molecule has 9 heteroatoms. The van der Waals surface area contributed by atoms with Crippen molar-refractivity contribution in [1.29, 1.82) is 0 Å². The Labute approximate surface area is 160 Å². The van der Waals surface area contributed by atoms with Crippen molar-refractivity contribution in [2.75, 3.05) is 13.7 Å². The summed E-state index contributed by atoms with van der Waals surface area (Å²) in [6, 6.07) is 5.12. The summed E-state index contributed by atoms with van der Waals surface area (Å²) in [5.41, 5.74) is 5.57. The number of esters is 1. The van der Waals surface area contributed by atoms with E-state index in [-0.39, 0.29) is 25.9 Å². The molecular formula is C19H22N2O7. The van der Waals surface area contributed by atoms with Gasteiger partial charge in [0.25, 0.3) is 0 Å². The van der Waals surface area contributed by atoms with Gasteiger partial charge >= 0.3 is 11.6 Å². The van der Waals surface area contributed by atoms with Crippen LogP contribution in [0.1, 0.15) is 25.3 Å². The monoisotopic (exact) mass is 390 g/mol. The molecule has 1 heterocycles. The standard InChI is InChI=1S/C19H22N2O7/c1-3-27-17(23)7-6-16(22)21-14(19(20)25)8-11-9-18(24)28-15-10-12(26-2)4-5-13(11)15/h4-5,9-10,14H,3,6-8H2,1-2H3,(H2,20,25)(H,21,22)/t14-/m0/s1. The molecule has 0 spiro atoms. The summed E-state index contributed by atoms with van der Waals surface area (Å²) in [6.07, 6.45) is -0.255. The van der Waals surface area contributed by atoms with E-state index in [2.05, 4.69) is 5.32 Å². The Morgan fingerprint density at radius 2 is 1.96 bits per heavy atom. The number of primary amides is 1. The second-order valence-electron chi connectivity index (χ2n) is 5.98. The van der Waals surface area contributed by atoms with E-state index in [4.69, 9.17) is 19.6 Å². The third kappa shape index (κ3) is 5.57. The Bertz CT molecular complexity index is 936. The molecule has 0 bridgehead atoms. The number of methoxy groups -OCH3 is 1. The Morgan fingerprint density at radius 1 is 1.21 bits per heavy atom. The van der Waals surface area contributed by atoms with E-state index in [1.165, 1.54) is 13.2 Å². The van der Waals surface area contributed by atoms with Gasteiger partial charge in [0.05, 0.1) is 20.1 Å². The first kappa shape index (κ1) is 20.9. The molecule has 0 radical (unpaired) electrons. The number of carbonyl (C=O) groups is 3. The predicted octanol–water partition coefficient (Wildman–Crippen LogP) is 0.657. The number of hydrogen-bond acceptors (Lipinski definition) is 7. The molecule has 28 heavy (non-hydrogen) atoms. The molecule has 0 aliphatic carbocycles. The SMILES string of the molecule is CCOC(=O)CCC(=O)N[C@@H](Cc1cc(=O)oc2cc(OC)ccc12)C(N)=O. The lowest BCUT2D eigenvalue weighted by atomic mass is 10.0. The van der Waals surface area contributed by atoms with Gasteiger partial charge < -0.3 is 24.9 Å². The van der Waals surface area contributed by atoms with E-state index >= 15 is 0 Å². The van der Waals surface area contributed by atoms with Gasteiger partial charge in [-0.25, -0.2) is 4.79 Å². The van der Waals surface area contributed by atoms with Crippen LogP contribution in [0, 0.1) is 0 Å². The lowest BCUT2D eigenvalue weighted by molar-refractivity contribution is -0.144. The Kier molecular flexibility index (Phi) is 7.14. The van der Waals surface area contributed by atoms with Crippen LogP contribution in [0.3, 0.4) is 0 Å². The van der Waals surface area contributed by atoms with Crippen LogP contribution in [0.15, 0.2) is 33.5 Å². The minimum Gasteiger partial charge on any atom is -0.497 e. The Morgan fingerprint density at radius 3 is 2.61 bits per heavy atom. The van der Waals surface area contributed by atoms with E-state index in [0.717, 1.165) is 0 Å². The van der Waals surface area contributed by atoms with Crippen LogP contribution in [0.5, 0.6) is 5.75 Å². The number of rotatable bonds is 9. The number of hydrogen-bond donors (Lipinski definition) is 2. The summed E-state index contributed by atoms with van der Waals surface area (Å²) in [6.45, 7) is 1.89. The summed E-state index contributed by atoms with van der Waals surface area (Å²) in [5, 5.41) is 3.08. The van der Waals surface area contributed by atoms with Gasteiger partial charge in [0.2, 0.25) is 11.8 Å². The maximum Gasteiger partial charge on any atom is 0.336 e. The second kappa shape index (κ2) is 9.54. The number of fused-ring (bicyclic) bond motifs is 1. The van der Waals surface area contributed by atoms with E-state index in [1.54, 1.807) is 25.1 Å². The van der Waals surface area contributed by atoms with E-state index in [9.17, 15) is 19.2 Å². The number of amides is 2. The summed E-state index contributed by atoms with van der Waals surface area (Å²) >= 11 is 0. The molecule has 0 aliphatic heterocycles. The first-order chi connectivity index (χ1) is 13.3. The van der Waals surface area contributed by atoms with Gasteiger partial charge in [-0.1, -0.05) is 0 Å². The van der Waals surface area contributed by atoms with Crippen LogP contribution in [-0.2, 0) is 25.5 Å². The van der Waals surface area contributed by atoms with Crippen molar-refractivity contribution in [2.45, 2.75) is 32.2 Å². The molecule has 9 nitrogen and oxygen atoms in total. The van der Waals surface area contributed by atoms with Gasteiger partial charge in [0, 0.05) is 30.4 Å². The van der Waals surface area contributed by atoms with Crippen molar-refractivity contribution in [3.05, 3.63) is 40.2 Å². The van der Waals surface area contributed by atoms with E-state index in [1.807, 2.05) is 0 Å². The van der Waals surface area contributed by atoms with Crippen molar-refractivity contribution >= 4 is 28.8 Å². The maximum absolute atomic E-state index is 12.0. The molecule has 1 aromatic carbocycles. The van der Waals surface area contributed by atoms with E-state index in [0.29, 0.717) is 22.3 Å². The third-order valence-corrected chi connectivity index (χ3v) is 4.00. The maximum atomic E-state index is 12.0. The fourth-order valence-corrected chi connectivity index (χ4v) is 2.66. The highest BCUT2D eigenvalue weighted by Crippen LogP contribution is 2.23. The van der Waals surface area contributed by atoms with Crippen LogP contribution >= 0.6 is 0 Å². The van der Waals surface area contributed by atoms with Gasteiger partial charge in [-0.15, -0.1) is 0 Å². The fourth-order valence-electron chi connectivity index (χ4n) is 2.66. The Hall–Kier alpha value is -3.36. The molecule has 2 aromatic rings.